The topological polar surface area (TPSA) is 137 Å². The summed E-state index contributed by atoms with van der Waals surface area (Å²) in [5, 5.41) is 16.8. The van der Waals surface area contributed by atoms with Crippen LogP contribution in [0.2, 0.25) is 0 Å². The zero-order chi connectivity index (χ0) is 14.7. The molecule has 1 amide bonds. The summed E-state index contributed by atoms with van der Waals surface area (Å²) in [6.45, 7) is 1.66. The summed E-state index contributed by atoms with van der Waals surface area (Å²) < 4.78 is 4.83. The minimum atomic E-state index is -0.645. The van der Waals surface area contributed by atoms with Gasteiger partial charge in [-0.2, -0.15) is 4.98 Å². The predicted octanol–water partition coefficient (Wildman–Crippen LogP) is 0.798. The Kier molecular flexibility index (Phi) is 3.60. The van der Waals surface area contributed by atoms with Gasteiger partial charge in [0.05, 0.1) is 17.0 Å². The maximum atomic E-state index is 11.9. The van der Waals surface area contributed by atoms with Crippen LogP contribution in [-0.4, -0.2) is 21.0 Å². The molecule has 104 valence electrons. The number of nitrogens with one attached hydrogen (secondary N) is 1. The maximum absolute atomic E-state index is 11.9. The van der Waals surface area contributed by atoms with Crippen molar-refractivity contribution in [2.45, 2.75) is 13.5 Å². The van der Waals surface area contributed by atoms with Crippen LogP contribution in [0.1, 0.15) is 22.1 Å². The number of nitro groups is 1. The molecule has 3 N–H and O–H groups in total. The maximum Gasteiger partial charge on any atom is 0.292 e. The van der Waals surface area contributed by atoms with Crippen LogP contribution < -0.4 is 11.1 Å². The zero-order valence-corrected chi connectivity index (χ0v) is 10.5. The molecule has 9 nitrogen and oxygen atoms in total. The third kappa shape index (κ3) is 2.71. The molecule has 0 radical (unpaired) electrons. The van der Waals surface area contributed by atoms with Crippen molar-refractivity contribution in [1.82, 2.24) is 15.5 Å². The molecule has 2 aromatic rings. The van der Waals surface area contributed by atoms with Gasteiger partial charge in [0.15, 0.2) is 5.82 Å². The smallest absolute Gasteiger partial charge is 0.292 e. The number of amides is 1. The number of hydrogen-bond donors (Lipinski definition) is 2. The highest BCUT2D eigenvalue weighted by Crippen LogP contribution is 2.24. The lowest BCUT2D eigenvalue weighted by atomic mass is 10.1. The number of hydrogen-bond acceptors (Lipinski definition) is 7. The van der Waals surface area contributed by atoms with Gasteiger partial charge in [-0.1, -0.05) is 11.2 Å². The number of nitrogens with two attached hydrogens (primary N) is 1. The average Bonchev–Trinajstić information content (AvgIpc) is 2.81. The van der Waals surface area contributed by atoms with E-state index in [-0.39, 0.29) is 29.4 Å². The number of aryl methyl sites for hydroxylation is 1. The normalized spacial score (nSPS) is 10.2. The van der Waals surface area contributed by atoms with Crippen LogP contribution in [-0.2, 0) is 6.54 Å². The van der Waals surface area contributed by atoms with Crippen LogP contribution in [0.15, 0.2) is 22.7 Å². The predicted molar refractivity (Wildman–Crippen MR) is 67.7 cm³/mol. The van der Waals surface area contributed by atoms with E-state index in [1.807, 2.05) is 0 Å². The summed E-state index contributed by atoms with van der Waals surface area (Å²) in [6, 6.07) is 4.02. The number of nitrogens with zero attached hydrogens (tertiary/aromatic N) is 3. The first-order valence-corrected chi connectivity index (χ1v) is 5.59. The summed E-state index contributed by atoms with van der Waals surface area (Å²) in [6.07, 6.45) is 0. The molecule has 2 rings (SSSR count). The van der Waals surface area contributed by atoms with E-state index < -0.39 is 10.8 Å². The molecule has 20 heavy (non-hydrogen) atoms. The third-order valence-electron chi connectivity index (χ3n) is 2.49. The summed E-state index contributed by atoms with van der Waals surface area (Å²) in [4.78, 5) is 25.9. The molecule has 0 fully saturated rings. The molecule has 1 aromatic carbocycles. The van der Waals surface area contributed by atoms with E-state index in [1.54, 1.807) is 6.92 Å². The van der Waals surface area contributed by atoms with Gasteiger partial charge in [-0.05, 0) is 13.0 Å². The van der Waals surface area contributed by atoms with E-state index in [9.17, 15) is 14.9 Å². The standard InChI is InChI=1S/C11H11N5O4/c1-6-14-9(20-15-6)5-13-11(17)7-3-2-4-8(10(7)12)16(18)19/h2-4H,5,12H2,1H3,(H,13,17). The van der Waals surface area contributed by atoms with Crippen LogP contribution in [0, 0.1) is 17.0 Å². The third-order valence-corrected chi connectivity index (χ3v) is 2.49. The number of carbonyl (C=O) groups is 1. The highest BCUT2D eigenvalue weighted by atomic mass is 16.6. The Morgan fingerprint density at radius 2 is 2.30 bits per heavy atom. The Morgan fingerprint density at radius 1 is 1.55 bits per heavy atom. The number of carbonyl (C=O) groups excluding carboxylic acids is 1. The summed E-state index contributed by atoms with van der Waals surface area (Å²) in [5.41, 5.74) is 5.13. The Morgan fingerprint density at radius 3 is 2.90 bits per heavy atom. The van der Waals surface area contributed by atoms with Crippen molar-refractivity contribution in [2.75, 3.05) is 5.73 Å². The largest absolute Gasteiger partial charge is 0.393 e. The van der Waals surface area contributed by atoms with Gasteiger partial charge in [0.1, 0.15) is 5.69 Å². The van der Waals surface area contributed by atoms with E-state index >= 15 is 0 Å². The van der Waals surface area contributed by atoms with Crippen LogP contribution in [0.25, 0.3) is 0 Å². The van der Waals surface area contributed by atoms with Crippen LogP contribution >= 0.6 is 0 Å². The van der Waals surface area contributed by atoms with Crippen molar-refractivity contribution in [3.63, 3.8) is 0 Å². The quantitative estimate of drug-likeness (QED) is 0.478. The second-order valence-electron chi connectivity index (χ2n) is 3.91. The van der Waals surface area contributed by atoms with Crippen molar-refractivity contribution in [2.24, 2.45) is 0 Å². The lowest BCUT2D eigenvalue weighted by molar-refractivity contribution is -0.383. The number of anilines is 1. The van der Waals surface area contributed by atoms with Crippen molar-refractivity contribution in [3.05, 3.63) is 45.6 Å². The Bertz CT molecular complexity index is 667. The second-order valence-corrected chi connectivity index (χ2v) is 3.91. The zero-order valence-electron chi connectivity index (χ0n) is 10.5. The monoisotopic (exact) mass is 277 g/mol. The number of nitrogen functional groups attached to an aromatic ring is 1. The van der Waals surface area contributed by atoms with Gasteiger partial charge in [-0.3, -0.25) is 14.9 Å². The molecule has 0 aliphatic carbocycles. The van der Waals surface area contributed by atoms with Gasteiger partial charge in [0.2, 0.25) is 5.89 Å². The first-order chi connectivity index (χ1) is 9.49. The fourth-order valence-electron chi connectivity index (χ4n) is 1.57. The van der Waals surface area contributed by atoms with E-state index in [0.29, 0.717) is 5.82 Å². The van der Waals surface area contributed by atoms with Gasteiger partial charge in [0.25, 0.3) is 11.6 Å². The molecular formula is C11H11N5O4. The number of rotatable bonds is 4. The highest BCUT2D eigenvalue weighted by molar-refractivity contribution is 6.00. The summed E-state index contributed by atoms with van der Waals surface area (Å²) in [7, 11) is 0. The summed E-state index contributed by atoms with van der Waals surface area (Å²) in [5.74, 6) is 0.131. The molecule has 0 saturated carbocycles. The fraction of sp³-hybridized carbons (Fsp3) is 0.182. The second kappa shape index (κ2) is 5.34. The number of nitro benzene ring substituents is 1. The molecule has 0 unspecified atom stereocenters. The van der Waals surface area contributed by atoms with Gasteiger partial charge in [-0.25, -0.2) is 0 Å². The van der Waals surface area contributed by atoms with Gasteiger partial charge >= 0.3 is 0 Å². The van der Waals surface area contributed by atoms with Gasteiger partial charge in [0, 0.05) is 6.07 Å². The molecular weight excluding hydrogens is 266 g/mol. The minimum Gasteiger partial charge on any atom is -0.393 e. The minimum absolute atomic E-state index is 0.0157. The van der Waals surface area contributed by atoms with E-state index in [2.05, 4.69) is 15.5 Å². The number of benzene rings is 1. The highest BCUT2D eigenvalue weighted by Gasteiger charge is 2.19. The number of aromatic nitrogens is 2. The lowest BCUT2D eigenvalue weighted by Crippen LogP contribution is -2.24. The van der Waals surface area contributed by atoms with E-state index in [1.165, 1.54) is 18.2 Å². The Hall–Kier alpha value is -2.97. The number of para-hydroxylation sites is 1. The molecule has 0 atom stereocenters. The molecule has 1 aromatic heterocycles. The molecule has 1 heterocycles. The molecule has 0 saturated heterocycles. The van der Waals surface area contributed by atoms with Gasteiger partial charge in [-0.15, -0.1) is 0 Å². The SMILES string of the molecule is Cc1noc(CNC(=O)c2cccc([N+](=O)[O-])c2N)n1. The van der Waals surface area contributed by atoms with Crippen LogP contribution in [0.3, 0.4) is 0 Å². The van der Waals surface area contributed by atoms with E-state index in [4.69, 9.17) is 10.3 Å². The van der Waals surface area contributed by atoms with Crippen molar-refractivity contribution < 1.29 is 14.2 Å². The fourth-order valence-corrected chi connectivity index (χ4v) is 1.57. The molecule has 9 heteroatoms. The van der Waals surface area contributed by atoms with E-state index in [0.717, 1.165) is 0 Å². The van der Waals surface area contributed by atoms with Crippen molar-refractivity contribution in [3.8, 4) is 0 Å². The first kappa shape index (κ1) is 13.5. The van der Waals surface area contributed by atoms with Gasteiger partial charge < -0.3 is 15.6 Å². The van der Waals surface area contributed by atoms with Crippen LogP contribution in [0.5, 0.6) is 0 Å². The first-order valence-electron chi connectivity index (χ1n) is 5.59. The van der Waals surface area contributed by atoms with Crippen LogP contribution in [0.4, 0.5) is 11.4 Å². The summed E-state index contributed by atoms with van der Waals surface area (Å²) >= 11 is 0. The van der Waals surface area contributed by atoms with Crippen molar-refractivity contribution in [1.29, 1.82) is 0 Å². The molecule has 0 aliphatic rings. The lowest BCUT2D eigenvalue weighted by Gasteiger charge is -2.05. The Labute approximate surface area is 112 Å². The Balaban J connectivity index is 2.13. The molecule has 0 spiro atoms. The van der Waals surface area contributed by atoms with Crippen molar-refractivity contribution >= 4 is 17.3 Å². The average molecular weight is 277 g/mol. The molecule has 0 bridgehead atoms. The molecule has 0 aliphatic heterocycles.